The molecule has 3 aromatic heterocycles. The van der Waals surface area contributed by atoms with Crippen LogP contribution in [-0.2, 0) is 6.54 Å². The van der Waals surface area contributed by atoms with Gasteiger partial charge >= 0.3 is 0 Å². The fraction of sp³-hybridized carbons (Fsp3) is 0.150. The molecule has 0 aliphatic heterocycles. The van der Waals surface area contributed by atoms with Gasteiger partial charge in [-0.25, -0.2) is 4.98 Å². The lowest BCUT2D eigenvalue weighted by Crippen LogP contribution is -2.10. The molecule has 0 spiro atoms. The van der Waals surface area contributed by atoms with E-state index in [9.17, 15) is 0 Å². The number of aryl methyl sites for hydroxylation is 1. The van der Waals surface area contributed by atoms with Crippen LogP contribution in [0.1, 0.15) is 17.0 Å². The Labute approximate surface area is 146 Å². The van der Waals surface area contributed by atoms with Crippen molar-refractivity contribution in [1.29, 1.82) is 0 Å². The average molecular weight is 329 g/mol. The molecule has 1 N–H and O–H groups in total. The van der Waals surface area contributed by atoms with Crippen molar-refractivity contribution in [3.8, 4) is 11.1 Å². The Hall–Kier alpha value is -3.21. The molecule has 0 radical (unpaired) electrons. The van der Waals surface area contributed by atoms with Crippen LogP contribution in [0, 0.1) is 13.8 Å². The molecule has 0 atom stereocenters. The summed E-state index contributed by atoms with van der Waals surface area (Å²) in [6.07, 6.45) is 3.68. The number of benzene rings is 1. The minimum atomic E-state index is 0.640. The molecule has 4 aromatic rings. The molecule has 0 bridgehead atoms. The zero-order chi connectivity index (χ0) is 17.2. The van der Waals surface area contributed by atoms with Gasteiger partial charge < -0.3 is 5.32 Å². The van der Waals surface area contributed by atoms with Gasteiger partial charge in [-0.05, 0) is 31.5 Å². The summed E-state index contributed by atoms with van der Waals surface area (Å²) in [6, 6.07) is 16.1. The summed E-state index contributed by atoms with van der Waals surface area (Å²) in [7, 11) is 0. The summed E-state index contributed by atoms with van der Waals surface area (Å²) in [5, 5.41) is 8.06. The van der Waals surface area contributed by atoms with Gasteiger partial charge in [0.2, 0.25) is 0 Å². The van der Waals surface area contributed by atoms with Gasteiger partial charge in [-0.2, -0.15) is 9.61 Å². The van der Waals surface area contributed by atoms with Crippen LogP contribution in [0.25, 0.3) is 16.8 Å². The van der Waals surface area contributed by atoms with Crippen molar-refractivity contribution in [3.63, 3.8) is 0 Å². The van der Waals surface area contributed by atoms with Gasteiger partial charge in [0.25, 0.3) is 0 Å². The van der Waals surface area contributed by atoms with Gasteiger partial charge in [0, 0.05) is 23.0 Å². The Kier molecular flexibility index (Phi) is 3.90. The topological polar surface area (TPSA) is 55.1 Å². The molecule has 3 heterocycles. The second kappa shape index (κ2) is 6.36. The minimum absolute atomic E-state index is 0.640. The third-order valence-electron chi connectivity index (χ3n) is 4.38. The van der Waals surface area contributed by atoms with E-state index >= 15 is 0 Å². The van der Waals surface area contributed by atoms with Crippen LogP contribution >= 0.6 is 0 Å². The zero-order valence-electron chi connectivity index (χ0n) is 14.3. The van der Waals surface area contributed by atoms with Crippen molar-refractivity contribution < 1.29 is 0 Å². The maximum absolute atomic E-state index is 4.77. The highest BCUT2D eigenvalue weighted by atomic mass is 15.3. The Bertz CT molecular complexity index is 1010. The lowest BCUT2D eigenvalue weighted by atomic mass is 10.1. The van der Waals surface area contributed by atoms with Gasteiger partial charge in [-0.3, -0.25) is 4.98 Å². The number of anilines is 1. The van der Waals surface area contributed by atoms with E-state index in [1.165, 1.54) is 0 Å². The fourth-order valence-electron chi connectivity index (χ4n) is 2.89. The van der Waals surface area contributed by atoms with Gasteiger partial charge in [0.05, 0.1) is 18.4 Å². The highest BCUT2D eigenvalue weighted by Crippen LogP contribution is 2.27. The maximum Gasteiger partial charge on any atom is 0.165 e. The quantitative estimate of drug-likeness (QED) is 0.614. The summed E-state index contributed by atoms with van der Waals surface area (Å²) in [5.74, 6) is 0.954. The first-order valence-corrected chi connectivity index (χ1v) is 8.28. The standard InChI is InChI=1S/C20H19N5/c1-14-15(2)24-20-18(16-8-4-3-5-9-16)13-23-25(20)19(14)22-12-17-10-6-7-11-21-17/h3-11,13,22H,12H2,1-2H3. The highest BCUT2D eigenvalue weighted by molar-refractivity contribution is 5.78. The van der Waals surface area contributed by atoms with E-state index in [0.717, 1.165) is 39.5 Å². The van der Waals surface area contributed by atoms with Crippen LogP contribution in [0.4, 0.5) is 5.82 Å². The van der Waals surface area contributed by atoms with Crippen LogP contribution in [0.3, 0.4) is 0 Å². The number of pyridine rings is 1. The van der Waals surface area contributed by atoms with Gasteiger partial charge in [0.1, 0.15) is 5.82 Å². The molecule has 0 unspecified atom stereocenters. The Morgan fingerprint density at radius 1 is 1.00 bits per heavy atom. The molecule has 0 amide bonds. The number of hydrogen-bond acceptors (Lipinski definition) is 4. The van der Waals surface area contributed by atoms with Gasteiger partial charge in [-0.1, -0.05) is 36.4 Å². The van der Waals surface area contributed by atoms with Crippen molar-refractivity contribution in [2.75, 3.05) is 5.32 Å². The van der Waals surface area contributed by atoms with Crippen LogP contribution in [0.5, 0.6) is 0 Å². The highest BCUT2D eigenvalue weighted by Gasteiger charge is 2.15. The monoisotopic (exact) mass is 329 g/mol. The number of fused-ring (bicyclic) bond motifs is 1. The molecule has 25 heavy (non-hydrogen) atoms. The largest absolute Gasteiger partial charge is 0.364 e. The minimum Gasteiger partial charge on any atom is -0.364 e. The second-order valence-corrected chi connectivity index (χ2v) is 6.01. The van der Waals surface area contributed by atoms with E-state index in [2.05, 4.69) is 34.5 Å². The van der Waals surface area contributed by atoms with Gasteiger partial charge in [-0.15, -0.1) is 0 Å². The molecule has 0 fully saturated rings. The average Bonchev–Trinajstić information content (AvgIpc) is 3.07. The fourth-order valence-corrected chi connectivity index (χ4v) is 2.89. The third-order valence-corrected chi connectivity index (χ3v) is 4.38. The molecule has 124 valence electrons. The molecule has 4 rings (SSSR count). The van der Waals surface area contributed by atoms with Crippen molar-refractivity contribution in [1.82, 2.24) is 19.6 Å². The normalized spacial score (nSPS) is 11.0. The maximum atomic E-state index is 4.77. The Morgan fingerprint density at radius 2 is 1.80 bits per heavy atom. The Balaban J connectivity index is 1.78. The van der Waals surface area contributed by atoms with Crippen LogP contribution in [-0.4, -0.2) is 19.6 Å². The summed E-state index contributed by atoms with van der Waals surface area (Å²) < 4.78 is 1.88. The summed E-state index contributed by atoms with van der Waals surface area (Å²) in [5.41, 5.74) is 6.08. The van der Waals surface area contributed by atoms with E-state index < -0.39 is 0 Å². The molecular weight excluding hydrogens is 310 g/mol. The summed E-state index contributed by atoms with van der Waals surface area (Å²) >= 11 is 0. The SMILES string of the molecule is Cc1nc2c(-c3ccccc3)cnn2c(NCc2ccccn2)c1C. The number of nitrogens with one attached hydrogen (secondary N) is 1. The summed E-state index contributed by atoms with van der Waals surface area (Å²) in [4.78, 5) is 9.14. The molecule has 5 nitrogen and oxygen atoms in total. The predicted octanol–water partition coefficient (Wildman–Crippen LogP) is 4.02. The first-order chi connectivity index (χ1) is 12.2. The van der Waals surface area contributed by atoms with E-state index in [0.29, 0.717) is 6.54 Å². The lowest BCUT2D eigenvalue weighted by molar-refractivity contribution is 0.897. The molecule has 0 aliphatic carbocycles. The predicted molar refractivity (Wildman–Crippen MR) is 99.5 cm³/mol. The van der Waals surface area contributed by atoms with Crippen LogP contribution in [0.2, 0.25) is 0 Å². The summed E-state index contributed by atoms with van der Waals surface area (Å²) in [6.45, 7) is 4.73. The van der Waals surface area contributed by atoms with E-state index in [4.69, 9.17) is 4.98 Å². The number of hydrogen-bond donors (Lipinski definition) is 1. The van der Waals surface area contributed by atoms with Crippen LogP contribution in [0.15, 0.2) is 60.9 Å². The first-order valence-electron chi connectivity index (χ1n) is 8.28. The second-order valence-electron chi connectivity index (χ2n) is 6.01. The van der Waals surface area contributed by atoms with E-state index in [-0.39, 0.29) is 0 Å². The lowest BCUT2D eigenvalue weighted by Gasteiger charge is -2.13. The molecular formula is C20H19N5. The smallest absolute Gasteiger partial charge is 0.165 e. The van der Waals surface area contributed by atoms with E-state index in [1.807, 2.05) is 54.0 Å². The first kappa shape index (κ1) is 15.3. The molecule has 0 saturated carbocycles. The number of rotatable bonds is 4. The molecule has 5 heteroatoms. The number of aromatic nitrogens is 4. The molecule has 0 aliphatic rings. The third kappa shape index (κ3) is 2.85. The van der Waals surface area contributed by atoms with Crippen molar-refractivity contribution in [2.45, 2.75) is 20.4 Å². The van der Waals surface area contributed by atoms with Crippen molar-refractivity contribution in [3.05, 3.63) is 77.9 Å². The van der Waals surface area contributed by atoms with Crippen molar-refractivity contribution >= 4 is 11.5 Å². The zero-order valence-corrected chi connectivity index (χ0v) is 14.3. The molecule has 1 aromatic carbocycles. The van der Waals surface area contributed by atoms with Crippen molar-refractivity contribution in [2.24, 2.45) is 0 Å². The van der Waals surface area contributed by atoms with E-state index in [1.54, 1.807) is 6.20 Å². The Morgan fingerprint density at radius 3 is 2.56 bits per heavy atom. The molecule has 0 saturated heterocycles. The van der Waals surface area contributed by atoms with Gasteiger partial charge in [0.15, 0.2) is 5.65 Å². The van der Waals surface area contributed by atoms with Crippen LogP contribution < -0.4 is 5.32 Å². The number of nitrogens with zero attached hydrogens (tertiary/aromatic N) is 4.